The van der Waals surface area contributed by atoms with E-state index in [1.54, 1.807) is 50.5 Å². The molecule has 0 bridgehead atoms. The minimum Gasteiger partial charge on any atom is -0.435 e. The number of fused-ring (bicyclic) bond motifs is 1. The molecule has 11 heteroatoms. The van der Waals surface area contributed by atoms with Crippen molar-refractivity contribution in [2.45, 2.75) is 55.4 Å². The summed E-state index contributed by atoms with van der Waals surface area (Å²) in [7, 11) is 3.67. The van der Waals surface area contributed by atoms with Crippen LogP contribution in [0.4, 0.5) is 26.0 Å². The molecule has 0 unspecified atom stereocenters. The molecular weight excluding hydrogens is 566 g/mol. The van der Waals surface area contributed by atoms with E-state index in [1.165, 1.54) is 24.2 Å². The summed E-state index contributed by atoms with van der Waals surface area (Å²) in [5.74, 6) is -1.13. The van der Waals surface area contributed by atoms with E-state index in [9.17, 15) is 14.0 Å². The van der Waals surface area contributed by atoms with Crippen LogP contribution < -0.4 is 15.4 Å². The summed E-state index contributed by atoms with van der Waals surface area (Å²) in [4.78, 5) is 37.0. The summed E-state index contributed by atoms with van der Waals surface area (Å²) in [5.41, 5.74) is 2.73. The number of carbonyl (C=O) groups is 2. The smallest absolute Gasteiger partial charge is 0.262 e. The topological polar surface area (TPSA) is 112 Å². The first kappa shape index (κ1) is 39.2. The highest BCUT2D eigenvalue weighted by atomic mass is 19.1. The Balaban J connectivity index is 0.00000165. The van der Waals surface area contributed by atoms with Crippen LogP contribution in [0.2, 0.25) is 0 Å². The van der Waals surface area contributed by atoms with Gasteiger partial charge in [0.05, 0.1) is 7.18 Å². The number of H-pyrrole nitrogens is 1. The molecule has 2 amide bonds. The van der Waals surface area contributed by atoms with Crippen molar-refractivity contribution >= 4 is 39.9 Å². The van der Waals surface area contributed by atoms with Crippen molar-refractivity contribution in [3.05, 3.63) is 78.0 Å². The van der Waals surface area contributed by atoms with E-state index in [4.69, 9.17) is 4.74 Å². The predicted octanol–water partition coefficient (Wildman–Crippen LogP) is 8.82. The van der Waals surface area contributed by atoms with Gasteiger partial charge in [0, 0.05) is 49.0 Å². The van der Waals surface area contributed by atoms with Gasteiger partial charge < -0.3 is 25.3 Å². The number of aromatic nitrogens is 3. The van der Waals surface area contributed by atoms with Gasteiger partial charge in [0.1, 0.15) is 11.9 Å². The number of aryl methyl sites for hydroxylation is 1. The van der Waals surface area contributed by atoms with Gasteiger partial charge in [0.25, 0.3) is 5.91 Å². The molecule has 0 aliphatic carbocycles. The van der Waals surface area contributed by atoms with Crippen molar-refractivity contribution in [2.24, 2.45) is 0 Å². The van der Waals surface area contributed by atoms with Crippen molar-refractivity contribution < 1.29 is 23.1 Å². The van der Waals surface area contributed by atoms with Gasteiger partial charge in [-0.15, -0.1) is 0 Å². The second-order valence-corrected chi connectivity index (χ2v) is 8.55. The zero-order valence-electron chi connectivity index (χ0n) is 27.6. The summed E-state index contributed by atoms with van der Waals surface area (Å²) >= 11 is 0. The van der Waals surface area contributed by atoms with E-state index in [2.05, 4.69) is 25.6 Å². The lowest BCUT2D eigenvalue weighted by atomic mass is 10.2. The molecule has 9 nitrogen and oxygen atoms in total. The molecule has 4 aromatic rings. The van der Waals surface area contributed by atoms with Crippen LogP contribution in [-0.4, -0.2) is 52.9 Å². The number of halogens is 2. The monoisotopic (exact) mass is 612 g/mol. The highest BCUT2D eigenvalue weighted by molar-refractivity contribution is 6.01. The van der Waals surface area contributed by atoms with Crippen LogP contribution in [0.25, 0.3) is 10.9 Å². The number of allylic oxidation sites excluding steroid dienone is 2. The Kier molecular flexibility index (Phi) is 18.7. The fraction of sp³-hybridized carbons (Fsp3) is 0.333. The highest BCUT2D eigenvalue weighted by Gasteiger charge is 2.24. The quantitative estimate of drug-likeness (QED) is 0.188. The summed E-state index contributed by atoms with van der Waals surface area (Å²) in [6, 6.07) is 11.7. The molecule has 0 saturated heterocycles. The first-order chi connectivity index (χ1) is 21.1. The van der Waals surface area contributed by atoms with Gasteiger partial charge in [-0.3, -0.25) is 14.0 Å². The molecule has 3 N–H and O–H groups in total. The normalized spacial score (nSPS) is 9.57. The molecule has 0 radical (unpaired) electrons. The van der Waals surface area contributed by atoms with E-state index in [0.29, 0.717) is 29.5 Å². The van der Waals surface area contributed by atoms with Crippen LogP contribution in [0.3, 0.4) is 0 Å². The minimum atomic E-state index is -0.563. The molecule has 0 aliphatic heterocycles. The van der Waals surface area contributed by atoms with Crippen molar-refractivity contribution in [3.63, 3.8) is 0 Å². The Morgan fingerprint density at radius 2 is 1.50 bits per heavy atom. The van der Waals surface area contributed by atoms with Crippen LogP contribution in [0.15, 0.2) is 60.9 Å². The molecule has 2 heterocycles. The van der Waals surface area contributed by atoms with E-state index >= 15 is 4.39 Å². The van der Waals surface area contributed by atoms with E-state index in [1.807, 2.05) is 60.6 Å². The van der Waals surface area contributed by atoms with Crippen molar-refractivity contribution in [1.29, 1.82) is 0 Å². The summed E-state index contributed by atoms with van der Waals surface area (Å²) in [5, 5.41) is 6.13. The highest BCUT2D eigenvalue weighted by Crippen LogP contribution is 2.34. The van der Waals surface area contributed by atoms with Gasteiger partial charge in [0.2, 0.25) is 11.8 Å². The maximum absolute atomic E-state index is 15.1. The molecule has 44 heavy (non-hydrogen) atoms. The van der Waals surface area contributed by atoms with E-state index in [0.717, 1.165) is 5.69 Å². The van der Waals surface area contributed by atoms with Gasteiger partial charge in [-0.2, -0.15) is 0 Å². The summed E-state index contributed by atoms with van der Waals surface area (Å²) < 4.78 is 30.4. The molecule has 0 aliphatic rings. The van der Waals surface area contributed by atoms with Crippen LogP contribution >= 0.6 is 0 Å². The largest absolute Gasteiger partial charge is 0.435 e. The average Bonchev–Trinajstić information content (AvgIpc) is 3.43. The molecule has 0 atom stereocenters. The third kappa shape index (κ3) is 11.5. The number of nitrogens with zero attached hydrogens (tertiary/aromatic N) is 3. The first-order valence-electron chi connectivity index (χ1n) is 14.3. The molecule has 0 saturated carbocycles. The molecule has 0 fully saturated rings. The summed E-state index contributed by atoms with van der Waals surface area (Å²) in [6.45, 7) is 15.3. The van der Waals surface area contributed by atoms with Crippen LogP contribution in [0.1, 0.15) is 64.5 Å². The first-order valence-corrected chi connectivity index (χ1v) is 14.3. The number of rotatable bonds is 6. The number of hydrogen-bond donors (Lipinski definition) is 3. The third-order valence-corrected chi connectivity index (χ3v) is 5.28. The average molecular weight is 613 g/mol. The number of ether oxygens (including phenoxy) is 1. The molecule has 4 rings (SSSR count). The van der Waals surface area contributed by atoms with Crippen molar-refractivity contribution in [2.75, 3.05) is 31.9 Å². The SMILES string of the molecule is C/C=C/C.CC.CC.CC(=O)Nc1ccc(Nc2ncnc(Oc3ccc4[nH]c(C)cc4c3F)c2C(=O)N(C)C)cc1.CF. The lowest BCUT2D eigenvalue weighted by Crippen LogP contribution is -2.24. The van der Waals surface area contributed by atoms with Crippen molar-refractivity contribution in [3.8, 4) is 11.6 Å². The van der Waals surface area contributed by atoms with Gasteiger partial charge in [-0.25, -0.2) is 14.4 Å². The van der Waals surface area contributed by atoms with Crippen LogP contribution in [0, 0.1) is 12.7 Å². The second-order valence-electron chi connectivity index (χ2n) is 8.55. The Morgan fingerprint density at radius 1 is 0.932 bits per heavy atom. The van der Waals surface area contributed by atoms with Crippen LogP contribution in [-0.2, 0) is 4.79 Å². The zero-order chi connectivity index (χ0) is 33.8. The zero-order valence-corrected chi connectivity index (χ0v) is 27.6. The number of nitrogens with one attached hydrogen (secondary N) is 3. The standard InChI is InChI=1S/C24H23FN6O3.C4H8.2C2H6.CH3F/c1-13-11-17-18(28-13)9-10-19(21(17)25)34-23-20(24(33)31(3)4)22(26-12-27-23)30-16-7-5-15(6-8-16)29-14(2)32;1-3-4-2;3*1-2/h5-12,28H,1-4H3,(H,29,32)(H,26,27,30);3-4H,1-2H3;2*1-2H3;1H3/b;4-3+;;;. The molecular formula is C33H46F2N6O3. The molecule has 240 valence electrons. The molecule has 0 spiro atoms. The summed E-state index contributed by atoms with van der Waals surface area (Å²) in [6.07, 6.45) is 5.23. The number of aromatic amines is 1. The van der Waals surface area contributed by atoms with E-state index < -0.39 is 11.7 Å². The number of alkyl halides is 1. The Labute approximate surface area is 259 Å². The maximum Gasteiger partial charge on any atom is 0.262 e. The number of benzene rings is 2. The minimum absolute atomic E-state index is 0.0446. The number of amides is 2. The molecule has 2 aromatic carbocycles. The van der Waals surface area contributed by atoms with Gasteiger partial charge in [0.15, 0.2) is 17.4 Å². The van der Waals surface area contributed by atoms with Gasteiger partial charge in [-0.05, 0) is 63.2 Å². The van der Waals surface area contributed by atoms with Crippen molar-refractivity contribution in [1.82, 2.24) is 19.9 Å². The Hall–Kier alpha value is -4.80. The molecule has 2 aromatic heterocycles. The fourth-order valence-corrected chi connectivity index (χ4v) is 3.41. The van der Waals surface area contributed by atoms with Gasteiger partial charge in [-0.1, -0.05) is 39.8 Å². The third-order valence-electron chi connectivity index (χ3n) is 5.28. The number of hydrogen-bond acceptors (Lipinski definition) is 6. The van der Waals surface area contributed by atoms with Crippen LogP contribution in [0.5, 0.6) is 11.6 Å². The van der Waals surface area contributed by atoms with E-state index in [-0.39, 0.29) is 28.9 Å². The Morgan fingerprint density at radius 3 is 2.02 bits per heavy atom. The lowest BCUT2D eigenvalue weighted by molar-refractivity contribution is -0.114. The second kappa shape index (κ2) is 21.0. The number of carbonyl (C=O) groups excluding carboxylic acids is 2. The predicted molar refractivity (Wildman–Crippen MR) is 177 cm³/mol. The Bertz CT molecular complexity index is 1460. The van der Waals surface area contributed by atoms with Gasteiger partial charge >= 0.3 is 0 Å². The lowest BCUT2D eigenvalue weighted by Gasteiger charge is -2.17. The fourth-order valence-electron chi connectivity index (χ4n) is 3.41. The maximum atomic E-state index is 15.1. The number of anilines is 3.